The molecule has 0 aliphatic heterocycles. The second kappa shape index (κ2) is 6.48. The zero-order valence-electron chi connectivity index (χ0n) is 9.46. The molecule has 2 N–H and O–H groups in total. The number of halogens is 1. The number of anilines is 1. The van der Waals surface area contributed by atoms with Crippen LogP contribution in [0.25, 0.3) is 0 Å². The minimum absolute atomic E-state index is 0.190. The Hall–Kier alpha value is -1.10. The van der Waals surface area contributed by atoms with Crippen LogP contribution in [0.2, 0.25) is 0 Å². The summed E-state index contributed by atoms with van der Waals surface area (Å²) in [6.45, 7) is 4.93. The summed E-state index contributed by atoms with van der Waals surface area (Å²) < 4.78 is 0.748. The largest absolute Gasteiger partial charge is 0.338 e. The Balaban J connectivity index is 2.31. The first-order chi connectivity index (χ1) is 7.58. The zero-order chi connectivity index (χ0) is 12.0. The molecule has 0 unspecified atom stereocenters. The molecule has 1 rings (SSSR count). The van der Waals surface area contributed by atoms with E-state index in [0.717, 1.165) is 11.0 Å². The highest BCUT2D eigenvalue weighted by Crippen LogP contribution is 2.09. The van der Waals surface area contributed by atoms with Crippen LogP contribution in [0.3, 0.4) is 0 Å². The number of carbonyl (C=O) groups excluding carboxylic acids is 1. The van der Waals surface area contributed by atoms with E-state index in [2.05, 4.69) is 45.4 Å². The molecule has 0 aliphatic carbocycles. The van der Waals surface area contributed by atoms with Crippen LogP contribution in [0.4, 0.5) is 10.5 Å². The molecule has 5 heteroatoms. The minimum atomic E-state index is -0.190. The molecule has 1 aromatic heterocycles. The molecule has 0 fully saturated rings. The van der Waals surface area contributed by atoms with Crippen molar-refractivity contribution >= 4 is 27.6 Å². The number of carbonyl (C=O) groups is 1. The molecule has 1 heterocycles. The third kappa shape index (κ3) is 5.11. The van der Waals surface area contributed by atoms with E-state index in [9.17, 15) is 4.79 Å². The number of hydrogen-bond acceptors (Lipinski definition) is 2. The molecule has 1 aromatic rings. The molecule has 0 aromatic carbocycles. The van der Waals surface area contributed by atoms with Crippen LogP contribution >= 0.6 is 15.9 Å². The lowest BCUT2D eigenvalue weighted by atomic mass is 10.1. The summed E-state index contributed by atoms with van der Waals surface area (Å²) in [6, 6.07) is 3.38. The molecular weight excluding hydrogens is 270 g/mol. The second-order valence-corrected chi connectivity index (χ2v) is 4.75. The molecule has 16 heavy (non-hydrogen) atoms. The van der Waals surface area contributed by atoms with Crippen molar-refractivity contribution in [2.45, 2.75) is 20.3 Å². The van der Waals surface area contributed by atoms with Crippen molar-refractivity contribution in [3.8, 4) is 0 Å². The quantitative estimate of drug-likeness (QED) is 0.836. The standard InChI is InChI=1S/C11H16BrN3O/c1-8(2)5-6-13-11(16)15-9-3-4-10(12)14-7-9/h3-4,7-8H,5-6H2,1-2H3,(H2,13,15,16). The Morgan fingerprint density at radius 2 is 2.25 bits per heavy atom. The molecule has 0 atom stereocenters. The molecule has 0 saturated heterocycles. The first kappa shape index (κ1) is 13.0. The third-order valence-electron chi connectivity index (χ3n) is 1.99. The minimum Gasteiger partial charge on any atom is -0.338 e. The molecule has 0 radical (unpaired) electrons. The fourth-order valence-electron chi connectivity index (χ4n) is 1.10. The maximum atomic E-state index is 11.4. The van der Waals surface area contributed by atoms with Crippen molar-refractivity contribution in [2.24, 2.45) is 5.92 Å². The Bertz CT molecular complexity index is 338. The van der Waals surface area contributed by atoms with Crippen LogP contribution in [-0.4, -0.2) is 17.6 Å². The summed E-state index contributed by atoms with van der Waals surface area (Å²) in [5, 5.41) is 5.50. The molecule has 0 saturated carbocycles. The first-order valence-corrected chi connectivity index (χ1v) is 6.03. The normalized spacial score (nSPS) is 10.2. The Morgan fingerprint density at radius 1 is 1.50 bits per heavy atom. The van der Waals surface area contributed by atoms with Crippen LogP contribution in [0.15, 0.2) is 22.9 Å². The van der Waals surface area contributed by atoms with Gasteiger partial charge in [-0.3, -0.25) is 0 Å². The fourth-order valence-corrected chi connectivity index (χ4v) is 1.33. The highest BCUT2D eigenvalue weighted by Gasteiger charge is 2.01. The van der Waals surface area contributed by atoms with E-state index < -0.39 is 0 Å². The summed E-state index contributed by atoms with van der Waals surface area (Å²) >= 11 is 3.23. The Kier molecular flexibility index (Phi) is 5.25. The van der Waals surface area contributed by atoms with Gasteiger partial charge in [0.05, 0.1) is 11.9 Å². The average Bonchev–Trinajstić information content (AvgIpc) is 2.21. The lowest BCUT2D eigenvalue weighted by Crippen LogP contribution is -2.30. The van der Waals surface area contributed by atoms with Crippen molar-refractivity contribution in [1.82, 2.24) is 10.3 Å². The number of hydrogen-bond donors (Lipinski definition) is 2. The predicted octanol–water partition coefficient (Wildman–Crippen LogP) is 3.01. The van der Waals surface area contributed by atoms with Gasteiger partial charge in [-0.05, 0) is 40.4 Å². The Labute approximate surface area is 104 Å². The van der Waals surface area contributed by atoms with Crippen LogP contribution in [0.5, 0.6) is 0 Å². The second-order valence-electron chi connectivity index (χ2n) is 3.93. The maximum absolute atomic E-state index is 11.4. The van der Waals surface area contributed by atoms with E-state index in [1.165, 1.54) is 0 Å². The topological polar surface area (TPSA) is 54.0 Å². The highest BCUT2D eigenvalue weighted by molar-refractivity contribution is 9.10. The van der Waals surface area contributed by atoms with Crippen LogP contribution in [-0.2, 0) is 0 Å². The molecule has 0 aliphatic rings. The predicted molar refractivity (Wildman–Crippen MR) is 68.4 cm³/mol. The van der Waals surface area contributed by atoms with Gasteiger partial charge in [-0.15, -0.1) is 0 Å². The number of nitrogens with zero attached hydrogens (tertiary/aromatic N) is 1. The van der Waals surface area contributed by atoms with Gasteiger partial charge in [-0.25, -0.2) is 9.78 Å². The van der Waals surface area contributed by atoms with Crippen molar-refractivity contribution in [1.29, 1.82) is 0 Å². The number of urea groups is 1. The Morgan fingerprint density at radius 3 is 2.81 bits per heavy atom. The lowest BCUT2D eigenvalue weighted by molar-refractivity contribution is 0.251. The SMILES string of the molecule is CC(C)CCNC(=O)Nc1ccc(Br)nc1. The van der Waals surface area contributed by atoms with Crippen molar-refractivity contribution < 1.29 is 4.79 Å². The summed E-state index contributed by atoms with van der Waals surface area (Å²) in [4.78, 5) is 15.4. The third-order valence-corrected chi connectivity index (χ3v) is 2.46. The van der Waals surface area contributed by atoms with Gasteiger partial charge in [-0.2, -0.15) is 0 Å². The number of rotatable bonds is 4. The van der Waals surface area contributed by atoms with E-state index in [4.69, 9.17) is 0 Å². The van der Waals surface area contributed by atoms with E-state index >= 15 is 0 Å². The van der Waals surface area contributed by atoms with Gasteiger partial charge < -0.3 is 10.6 Å². The van der Waals surface area contributed by atoms with E-state index in [1.807, 2.05) is 0 Å². The number of pyridine rings is 1. The van der Waals surface area contributed by atoms with Crippen LogP contribution in [0, 0.1) is 5.92 Å². The molecular formula is C11H16BrN3O. The van der Waals surface area contributed by atoms with Gasteiger partial charge in [-0.1, -0.05) is 13.8 Å². The number of nitrogens with one attached hydrogen (secondary N) is 2. The summed E-state index contributed by atoms with van der Waals surface area (Å²) in [5.41, 5.74) is 0.685. The molecule has 4 nitrogen and oxygen atoms in total. The van der Waals surface area contributed by atoms with Crippen molar-refractivity contribution in [3.63, 3.8) is 0 Å². The van der Waals surface area contributed by atoms with Crippen LogP contribution < -0.4 is 10.6 Å². The van der Waals surface area contributed by atoms with Gasteiger partial charge >= 0.3 is 6.03 Å². The maximum Gasteiger partial charge on any atom is 0.319 e. The fraction of sp³-hybridized carbons (Fsp3) is 0.455. The van der Waals surface area contributed by atoms with Gasteiger partial charge in [0.1, 0.15) is 4.60 Å². The van der Waals surface area contributed by atoms with Crippen LogP contribution in [0.1, 0.15) is 20.3 Å². The molecule has 0 bridgehead atoms. The van der Waals surface area contributed by atoms with Gasteiger partial charge in [0.2, 0.25) is 0 Å². The summed E-state index contributed by atoms with van der Waals surface area (Å²) in [5.74, 6) is 0.592. The van der Waals surface area contributed by atoms with E-state index in [1.54, 1.807) is 18.3 Å². The van der Waals surface area contributed by atoms with E-state index in [-0.39, 0.29) is 6.03 Å². The van der Waals surface area contributed by atoms with Gasteiger partial charge in [0, 0.05) is 6.54 Å². The van der Waals surface area contributed by atoms with E-state index in [0.29, 0.717) is 18.2 Å². The number of aromatic nitrogens is 1. The van der Waals surface area contributed by atoms with Crippen molar-refractivity contribution in [2.75, 3.05) is 11.9 Å². The molecule has 0 spiro atoms. The lowest BCUT2D eigenvalue weighted by Gasteiger charge is -2.08. The first-order valence-electron chi connectivity index (χ1n) is 5.24. The van der Waals surface area contributed by atoms with Gasteiger partial charge in [0.15, 0.2) is 0 Å². The highest BCUT2D eigenvalue weighted by atomic mass is 79.9. The molecule has 2 amide bonds. The summed E-state index contributed by atoms with van der Waals surface area (Å²) in [7, 11) is 0. The zero-order valence-corrected chi connectivity index (χ0v) is 11.0. The summed E-state index contributed by atoms with van der Waals surface area (Å²) in [6.07, 6.45) is 2.58. The monoisotopic (exact) mass is 285 g/mol. The van der Waals surface area contributed by atoms with Gasteiger partial charge in [0.25, 0.3) is 0 Å². The molecule has 88 valence electrons. The average molecular weight is 286 g/mol. The van der Waals surface area contributed by atoms with Crippen molar-refractivity contribution in [3.05, 3.63) is 22.9 Å². The number of amides is 2. The smallest absolute Gasteiger partial charge is 0.319 e.